The Morgan fingerprint density at radius 1 is 0.967 bits per heavy atom. The molecule has 0 bridgehead atoms. The van der Waals surface area contributed by atoms with Crippen molar-refractivity contribution in [2.45, 2.75) is 11.6 Å². The summed E-state index contributed by atoms with van der Waals surface area (Å²) >= 11 is 7.29. The number of hydrogen-bond acceptors (Lipinski definition) is 6. The molecule has 0 saturated heterocycles. The van der Waals surface area contributed by atoms with Crippen molar-refractivity contribution < 1.29 is 9.59 Å². The number of nitrogen functional groups attached to an aromatic ring is 1. The van der Waals surface area contributed by atoms with E-state index in [-0.39, 0.29) is 24.2 Å². The van der Waals surface area contributed by atoms with Crippen LogP contribution in [0.1, 0.15) is 27.1 Å². The van der Waals surface area contributed by atoms with E-state index in [9.17, 15) is 14.4 Å². The fourth-order valence-corrected chi connectivity index (χ4v) is 4.33. The quantitative estimate of drug-likeness (QED) is 0.273. The van der Waals surface area contributed by atoms with Crippen molar-refractivity contribution in [3.63, 3.8) is 0 Å². The summed E-state index contributed by atoms with van der Waals surface area (Å²) in [7, 11) is 0. The first-order valence-electron chi connectivity index (χ1n) is 9.19. The van der Waals surface area contributed by atoms with Gasteiger partial charge in [-0.1, -0.05) is 35.5 Å². The molecule has 1 aromatic heterocycles. The van der Waals surface area contributed by atoms with Crippen molar-refractivity contribution in [2.24, 2.45) is 0 Å². The molecule has 7 nitrogen and oxygen atoms in total. The number of thioether (sulfide) groups is 1. The molecule has 2 amide bonds. The predicted octanol–water partition coefficient (Wildman–Crippen LogP) is 3.25. The normalized spacial score (nSPS) is 13.0. The lowest BCUT2D eigenvalue weighted by Gasteiger charge is -2.16. The number of aromatic nitrogens is 2. The van der Waals surface area contributed by atoms with E-state index in [1.165, 1.54) is 22.7 Å². The molecule has 152 valence electrons. The second-order valence-corrected chi connectivity index (χ2v) is 8.12. The molecule has 3 aromatic rings. The van der Waals surface area contributed by atoms with E-state index in [2.05, 4.69) is 4.98 Å². The molecule has 0 saturated carbocycles. The maximum absolute atomic E-state index is 12.4. The van der Waals surface area contributed by atoms with Crippen molar-refractivity contribution in [2.75, 3.05) is 18.0 Å². The second-order valence-electron chi connectivity index (χ2n) is 6.62. The van der Waals surface area contributed by atoms with Gasteiger partial charge in [0.25, 0.3) is 17.4 Å². The second kappa shape index (κ2) is 8.33. The molecule has 0 unspecified atom stereocenters. The van der Waals surface area contributed by atoms with Gasteiger partial charge in [0.05, 0.1) is 11.1 Å². The molecule has 2 aromatic carbocycles. The first-order valence-corrected chi connectivity index (χ1v) is 10.6. The third-order valence-corrected chi connectivity index (χ3v) is 5.92. The van der Waals surface area contributed by atoms with Crippen LogP contribution in [0.4, 0.5) is 5.82 Å². The van der Waals surface area contributed by atoms with Gasteiger partial charge in [-0.2, -0.15) is 4.98 Å². The summed E-state index contributed by atoms with van der Waals surface area (Å²) in [4.78, 5) is 42.1. The van der Waals surface area contributed by atoms with Crippen LogP contribution in [0.15, 0.2) is 64.5 Å². The SMILES string of the molecule is Nc1cc(=O)nc(SCCCN2C(=O)c3ccccc3C2=O)n1-c1ccc(Cl)cc1. The third-order valence-electron chi connectivity index (χ3n) is 4.65. The number of rotatable bonds is 6. The van der Waals surface area contributed by atoms with E-state index in [0.717, 1.165) is 5.69 Å². The number of halogens is 1. The molecule has 0 atom stereocenters. The van der Waals surface area contributed by atoms with Gasteiger partial charge >= 0.3 is 0 Å². The predicted molar refractivity (Wildman–Crippen MR) is 116 cm³/mol. The molecule has 0 spiro atoms. The highest BCUT2D eigenvalue weighted by molar-refractivity contribution is 7.99. The van der Waals surface area contributed by atoms with Crippen molar-refractivity contribution in [3.05, 3.63) is 81.1 Å². The van der Waals surface area contributed by atoms with Crippen molar-refractivity contribution >= 4 is 41.0 Å². The Balaban J connectivity index is 1.46. The minimum absolute atomic E-state index is 0.264. The van der Waals surface area contributed by atoms with Crippen LogP contribution < -0.4 is 11.3 Å². The van der Waals surface area contributed by atoms with E-state index < -0.39 is 5.56 Å². The summed E-state index contributed by atoms with van der Waals surface area (Å²) in [6.45, 7) is 0.285. The molecule has 30 heavy (non-hydrogen) atoms. The number of hydrogen-bond donors (Lipinski definition) is 1. The highest BCUT2D eigenvalue weighted by Gasteiger charge is 2.34. The number of nitrogens with two attached hydrogens (primary N) is 1. The van der Waals surface area contributed by atoms with E-state index in [4.69, 9.17) is 17.3 Å². The van der Waals surface area contributed by atoms with Crippen LogP contribution in [0.25, 0.3) is 5.69 Å². The zero-order valence-corrected chi connectivity index (χ0v) is 17.3. The van der Waals surface area contributed by atoms with Gasteiger partial charge < -0.3 is 5.73 Å². The van der Waals surface area contributed by atoms with Gasteiger partial charge in [0.15, 0.2) is 5.16 Å². The van der Waals surface area contributed by atoms with Gasteiger partial charge in [-0.25, -0.2) is 0 Å². The van der Waals surface area contributed by atoms with E-state index in [1.54, 1.807) is 53.1 Å². The molecule has 0 fully saturated rings. The van der Waals surface area contributed by atoms with Gasteiger partial charge in [-0.05, 0) is 42.8 Å². The number of fused-ring (bicyclic) bond motifs is 1. The zero-order valence-electron chi connectivity index (χ0n) is 15.7. The average molecular weight is 441 g/mol. The molecule has 1 aliphatic heterocycles. The lowest BCUT2D eigenvalue weighted by molar-refractivity contribution is 0.0655. The smallest absolute Gasteiger partial charge is 0.275 e. The Labute approximate surface area is 181 Å². The summed E-state index contributed by atoms with van der Waals surface area (Å²) < 4.78 is 1.67. The standard InChI is InChI=1S/C21H17ClN4O3S/c22-13-6-8-14(9-7-13)26-17(23)12-18(27)24-21(26)30-11-3-10-25-19(28)15-4-1-2-5-16(15)20(25)29/h1-2,4-9,12H,3,10-11,23H2. The Morgan fingerprint density at radius 3 is 2.23 bits per heavy atom. The van der Waals surface area contributed by atoms with Crippen LogP contribution in [0, 0.1) is 0 Å². The molecular weight excluding hydrogens is 424 g/mol. The maximum atomic E-state index is 12.4. The Hall–Kier alpha value is -3.10. The van der Waals surface area contributed by atoms with Crippen LogP contribution in [0.2, 0.25) is 5.02 Å². The van der Waals surface area contributed by atoms with E-state index in [0.29, 0.717) is 33.5 Å². The Kier molecular flexibility index (Phi) is 5.61. The molecule has 0 radical (unpaired) electrons. The fourth-order valence-electron chi connectivity index (χ4n) is 3.25. The molecule has 2 N–H and O–H groups in total. The highest BCUT2D eigenvalue weighted by Crippen LogP contribution is 2.26. The summed E-state index contributed by atoms with van der Waals surface area (Å²) in [6.07, 6.45) is 0.543. The lowest BCUT2D eigenvalue weighted by Crippen LogP contribution is -2.31. The number of carbonyl (C=O) groups excluding carboxylic acids is 2. The molecule has 9 heteroatoms. The number of carbonyl (C=O) groups is 2. The number of nitrogens with zero attached hydrogens (tertiary/aromatic N) is 3. The molecular formula is C21H17ClN4O3S. The summed E-state index contributed by atoms with van der Waals surface area (Å²) in [5.74, 6) is 0.248. The molecule has 1 aliphatic rings. The van der Waals surface area contributed by atoms with Crippen molar-refractivity contribution in [3.8, 4) is 5.69 Å². The topological polar surface area (TPSA) is 98.3 Å². The van der Waals surface area contributed by atoms with Gasteiger partial charge in [0.2, 0.25) is 0 Å². The average Bonchev–Trinajstić information content (AvgIpc) is 2.97. The van der Waals surface area contributed by atoms with Crippen molar-refractivity contribution in [1.82, 2.24) is 14.5 Å². The monoisotopic (exact) mass is 440 g/mol. The van der Waals surface area contributed by atoms with Crippen LogP contribution in [-0.2, 0) is 0 Å². The largest absolute Gasteiger partial charge is 0.385 e. The van der Waals surface area contributed by atoms with E-state index in [1.807, 2.05) is 0 Å². The van der Waals surface area contributed by atoms with Gasteiger partial charge in [-0.3, -0.25) is 23.9 Å². The number of amides is 2. The zero-order chi connectivity index (χ0) is 21.3. The third kappa shape index (κ3) is 3.83. The first-order chi connectivity index (χ1) is 14.5. The van der Waals surface area contributed by atoms with Gasteiger partial charge in [-0.15, -0.1) is 0 Å². The van der Waals surface area contributed by atoms with Crippen LogP contribution in [0.3, 0.4) is 0 Å². The summed E-state index contributed by atoms with van der Waals surface area (Å²) in [5, 5.41) is 1.02. The minimum atomic E-state index is -0.430. The Morgan fingerprint density at radius 2 is 1.60 bits per heavy atom. The van der Waals surface area contributed by atoms with Gasteiger partial charge in [0, 0.05) is 29.1 Å². The first kappa shape index (κ1) is 20.2. The molecule has 4 rings (SSSR count). The number of anilines is 1. The lowest BCUT2D eigenvalue weighted by atomic mass is 10.1. The summed E-state index contributed by atoms with van der Waals surface area (Å²) in [5.41, 5.74) is 7.23. The Bertz CT molecular complexity index is 1160. The molecule has 0 aliphatic carbocycles. The highest BCUT2D eigenvalue weighted by atomic mass is 35.5. The van der Waals surface area contributed by atoms with Gasteiger partial charge in [0.1, 0.15) is 5.82 Å². The number of benzene rings is 2. The summed E-state index contributed by atoms with van der Waals surface area (Å²) in [6, 6.07) is 15.1. The molecule has 2 heterocycles. The van der Waals surface area contributed by atoms with Crippen molar-refractivity contribution in [1.29, 1.82) is 0 Å². The minimum Gasteiger partial charge on any atom is -0.385 e. The van der Waals surface area contributed by atoms with E-state index >= 15 is 0 Å². The maximum Gasteiger partial charge on any atom is 0.275 e. The fraction of sp³-hybridized carbons (Fsp3) is 0.143. The van der Waals surface area contributed by atoms with Crippen LogP contribution in [-0.4, -0.2) is 38.6 Å². The van der Waals surface area contributed by atoms with Crippen LogP contribution >= 0.6 is 23.4 Å². The van der Waals surface area contributed by atoms with Crippen LogP contribution in [0.5, 0.6) is 0 Å². The number of imide groups is 1.